The van der Waals surface area contributed by atoms with Gasteiger partial charge in [-0.05, 0) is 11.6 Å². The predicted molar refractivity (Wildman–Crippen MR) is 102 cm³/mol. The number of nitro benzene ring substituents is 1. The molecule has 0 bridgehead atoms. The van der Waals surface area contributed by atoms with Crippen molar-refractivity contribution in [3.63, 3.8) is 0 Å². The number of amides is 1. The monoisotopic (exact) mass is 397 g/mol. The first kappa shape index (κ1) is 19.5. The number of carbonyl (C=O) groups excluding carboxylic acids is 1. The minimum atomic E-state index is -1.33. The summed E-state index contributed by atoms with van der Waals surface area (Å²) in [5, 5.41) is 32.3. The number of fused-ring (bicyclic) bond motifs is 1. The van der Waals surface area contributed by atoms with Gasteiger partial charge in [-0.3, -0.25) is 24.5 Å². The quantitative estimate of drug-likeness (QED) is 0.421. The van der Waals surface area contributed by atoms with Gasteiger partial charge < -0.3 is 20.1 Å². The minimum Gasteiger partial charge on any atom is -0.506 e. The van der Waals surface area contributed by atoms with Crippen LogP contribution >= 0.6 is 0 Å². The molecule has 0 saturated carbocycles. The smallest absolute Gasteiger partial charge is 0.322 e. The fourth-order valence-electron chi connectivity index (χ4n) is 2.91. The number of hydrogen-bond donors (Lipinski definition) is 3. The molecule has 0 radical (unpaired) electrons. The lowest BCUT2D eigenvalue weighted by molar-refractivity contribution is -0.384. The third-order valence-corrected chi connectivity index (χ3v) is 4.24. The molecule has 3 aromatic rings. The Hall–Kier alpha value is -4.21. The lowest BCUT2D eigenvalue weighted by Gasteiger charge is -2.15. The van der Waals surface area contributed by atoms with E-state index in [0.29, 0.717) is 0 Å². The van der Waals surface area contributed by atoms with Crippen molar-refractivity contribution in [2.45, 2.75) is 6.54 Å². The van der Waals surface area contributed by atoms with E-state index in [4.69, 9.17) is 5.11 Å². The highest BCUT2D eigenvalue weighted by molar-refractivity contribution is 6.03. The van der Waals surface area contributed by atoms with Crippen LogP contribution in [0.4, 0.5) is 5.69 Å². The number of carbonyl (C=O) groups is 2. The van der Waals surface area contributed by atoms with Gasteiger partial charge in [-0.15, -0.1) is 0 Å². The molecule has 3 rings (SSSR count). The molecule has 0 spiro atoms. The van der Waals surface area contributed by atoms with Crippen LogP contribution in [0.25, 0.3) is 10.9 Å². The highest BCUT2D eigenvalue weighted by Gasteiger charge is 2.24. The molecular formula is C19H15N3O7. The summed E-state index contributed by atoms with van der Waals surface area (Å²) in [7, 11) is 0. The SMILES string of the molecule is O=C(O)CNC(=O)c1c(O)c2cc([N+](=O)[O-])ccc2n(Cc2ccccc2)c1=O. The molecule has 2 aromatic carbocycles. The molecule has 0 fully saturated rings. The van der Waals surface area contributed by atoms with Crippen LogP contribution in [0.5, 0.6) is 5.75 Å². The Morgan fingerprint density at radius 3 is 2.45 bits per heavy atom. The van der Waals surface area contributed by atoms with Crippen LogP contribution in [0.2, 0.25) is 0 Å². The van der Waals surface area contributed by atoms with Crippen LogP contribution < -0.4 is 10.9 Å². The van der Waals surface area contributed by atoms with E-state index in [1.165, 1.54) is 16.7 Å². The summed E-state index contributed by atoms with van der Waals surface area (Å²) in [6, 6.07) is 12.4. The first-order valence-electron chi connectivity index (χ1n) is 8.37. The zero-order valence-electron chi connectivity index (χ0n) is 14.9. The number of aromatic nitrogens is 1. The number of non-ortho nitro benzene ring substituents is 1. The molecule has 0 aliphatic carbocycles. The van der Waals surface area contributed by atoms with E-state index in [1.54, 1.807) is 30.3 Å². The van der Waals surface area contributed by atoms with Crippen LogP contribution in [-0.4, -0.2) is 38.1 Å². The van der Waals surface area contributed by atoms with Gasteiger partial charge in [0.15, 0.2) is 0 Å². The number of aliphatic carboxylic acids is 1. The van der Waals surface area contributed by atoms with Crippen molar-refractivity contribution in [1.29, 1.82) is 0 Å². The van der Waals surface area contributed by atoms with Crippen molar-refractivity contribution in [1.82, 2.24) is 9.88 Å². The van der Waals surface area contributed by atoms with Crippen molar-refractivity contribution in [2.24, 2.45) is 0 Å². The second-order valence-electron chi connectivity index (χ2n) is 6.14. The second-order valence-corrected chi connectivity index (χ2v) is 6.14. The summed E-state index contributed by atoms with van der Waals surface area (Å²) in [5.41, 5.74) is -0.964. The Labute approximate surface area is 162 Å². The topological polar surface area (TPSA) is 152 Å². The van der Waals surface area contributed by atoms with Crippen LogP contribution in [-0.2, 0) is 11.3 Å². The van der Waals surface area contributed by atoms with Crippen LogP contribution in [0, 0.1) is 10.1 Å². The number of nitrogens with one attached hydrogen (secondary N) is 1. The zero-order chi connectivity index (χ0) is 21.1. The van der Waals surface area contributed by atoms with E-state index < -0.39 is 40.2 Å². The fourth-order valence-corrected chi connectivity index (χ4v) is 2.91. The van der Waals surface area contributed by atoms with Gasteiger partial charge >= 0.3 is 5.97 Å². The highest BCUT2D eigenvalue weighted by Crippen LogP contribution is 2.30. The molecule has 10 nitrogen and oxygen atoms in total. The molecule has 1 aromatic heterocycles. The van der Waals surface area contributed by atoms with Gasteiger partial charge in [0.2, 0.25) is 0 Å². The average molecular weight is 397 g/mol. The van der Waals surface area contributed by atoms with Crippen molar-refractivity contribution >= 4 is 28.5 Å². The number of aromatic hydroxyl groups is 1. The van der Waals surface area contributed by atoms with Gasteiger partial charge in [0.05, 0.1) is 17.0 Å². The molecule has 29 heavy (non-hydrogen) atoms. The van der Waals surface area contributed by atoms with Crippen LogP contribution in [0.1, 0.15) is 15.9 Å². The van der Waals surface area contributed by atoms with Gasteiger partial charge in [-0.25, -0.2) is 0 Å². The average Bonchev–Trinajstić information content (AvgIpc) is 2.70. The first-order chi connectivity index (χ1) is 13.8. The molecule has 10 heteroatoms. The van der Waals surface area contributed by atoms with E-state index in [1.807, 2.05) is 5.32 Å². The van der Waals surface area contributed by atoms with E-state index in [0.717, 1.165) is 11.6 Å². The summed E-state index contributed by atoms with van der Waals surface area (Å²) in [4.78, 5) is 46.5. The fraction of sp³-hybridized carbons (Fsp3) is 0.105. The molecular weight excluding hydrogens is 382 g/mol. The lowest BCUT2D eigenvalue weighted by atomic mass is 10.1. The third-order valence-electron chi connectivity index (χ3n) is 4.24. The Balaban J connectivity index is 2.26. The number of carboxylic acid groups (broad SMARTS) is 1. The predicted octanol–water partition coefficient (Wildman–Crippen LogP) is 1.48. The summed E-state index contributed by atoms with van der Waals surface area (Å²) < 4.78 is 1.20. The second kappa shape index (κ2) is 7.80. The Morgan fingerprint density at radius 1 is 1.14 bits per heavy atom. The van der Waals surface area contributed by atoms with Gasteiger partial charge in [0.1, 0.15) is 17.9 Å². The standard InChI is InChI=1S/C19H15N3O7/c23-15(24)9-20-18(26)16-17(25)13-8-12(22(28)29)6-7-14(13)21(19(16)27)10-11-4-2-1-3-5-11/h1-8,25H,9-10H2,(H,20,26)(H,23,24). The summed E-state index contributed by atoms with van der Waals surface area (Å²) >= 11 is 0. The molecule has 0 unspecified atom stereocenters. The number of hydrogen-bond acceptors (Lipinski definition) is 6. The highest BCUT2D eigenvalue weighted by atomic mass is 16.6. The minimum absolute atomic E-state index is 0.0352. The number of nitro groups is 1. The molecule has 0 atom stereocenters. The van der Waals surface area contributed by atoms with E-state index >= 15 is 0 Å². The lowest BCUT2D eigenvalue weighted by Crippen LogP contribution is -2.36. The zero-order valence-corrected chi connectivity index (χ0v) is 14.9. The summed E-state index contributed by atoms with van der Waals surface area (Å²) in [6.07, 6.45) is 0. The molecule has 148 valence electrons. The van der Waals surface area contributed by atoms with Gasteiger partial charge in [-0.2, -0.15) is 0 Å². The maximum atomic E-state index is 13.0. The number of nitrogens with zero attached hydrogens (tertiary/aromatic N) is 2. The molecule has 0 aliphatic heterocycles. The van der Waals surface area contributed by atoms with Crippen molar-refractivity contribution in [2.75, 3.05) is 6.54 Å². The molecule has 1 heterocycles. The maximum absolute atomic E-state index is 13.0. The Bertz CT molecular complexity index is 1190. The number of carboxylic acids is 1. The van der Waals surface area contributed by atoms with Crippen molar-refractivity contribution in [3.8, 4) is 5.75 Å². The van der Waals surface area contributed by atoms with Gasteiger partial charge in [0.25, 0.3) is 17.2 Å². The Kier molecular flexibility index (Phi) is 5.26. The van der Waals surface area contributed by atoms with E-state index in [-0.39, 0.29) is 23.1 Å². The molecule has 1 amide bonds. The van der Waals surface area contributed by atoms with Gasteiger partial charge in [0, 0.05) is 17.5 Å². The molecule has 0 saturated heterocycles. The number of pyridine rings is 1. The van der Waals surface area contributed by atoms with Crippen LogP contribution in [0.15, 0.2) is 53.3 Å². The summed E-state index contributed by atoms with van der Waals surface area (Å²) in [6.45, 7) is -0.725. The van der Waals surface area contributed by atoms with E-state index in [9.17, 15) is 29.6 Å². The normalized spacial score (nSPS) is 10.6. The van der Waals surface area contributed by atoms with Crippen LogP contribution in [0.3, 0.4) is 0 Å². The third kappa shape index (κ3) is 3.90. The molecule has 0 aliphatic rings. The molecule has 3 N–H and O–H groups in total. The van der Waals surface area contributed by atoms with Crippen molar-refractivity contribution < 1.29 is 24.7 Å². The maximum Gasteiger partial charge on any atom is 0.322 e. The first-order valence-corrected chi connectivity index (χ1v) is 8.37. The van der Waals surface area contributed by atoms with E-state index in [2.05, 4.69) is 0 Å². The van der Waals surface area contributed by atoms with Crippen molar-refractivity contribution in [3.05, 3.63) is 80.1 Å². The Morgan fingerprint density at radius 2 is 1.83 bits per heavy atom. The largest absolute Gasteiger partial charge is 0.506 e. The van der Waals surface area contributed by atoms with Gasteiger partial charge in [-0.1, -0.05) is 30.3 Å². The number of rotatable bonds is 6. The summed E-state index contributed by atoms with van der Waals surface area (Å²) in [5.74, 6) is -3.18. The number of benzene rings is 2.